The lowest BCUT2D eigenvalue weighted by Gasteiger charge is -2.50. The van der Waals surface area contributed by atoms with Crippen molar-refractivity contribution < 1.29 is 45.7 Å². The molecule has 1 saturated carbocycles. The topological polar surface area (TPSA) is 55.8 Å². The fourth-order valence-corrected chi connectivity index (χ4v) is 3.47. The predicted molar refractivity (Wildman–Crippen MR) is 88.4 cm³/mol. The summed E-state index contributed by atoms with van der Waals surface area (Å²) in [4.78, 5) is 11.6. The van der Waals surface area contributed by atoms with Crippen LogP contribution in [0.4, 0.5) is 26.3 Å². The van der Waals surface area contributed by atoms with Crippen LogP contribution in [0.2, 0.25) is 0 Å². The highest BCUT2D eigenvalue weighted by molar-refractivity contribution is 5.87. The maximum atomic E-state index is 13.2. The number of hydrogen-bond acceptors (Lipinski definition) is 4. The highest BCUT2D eigenvalue weighted by Crippen LogP contribution is 2.53. The molecule has 10 heteroatoms. The van der Waals surface area contributed by atoms with Crippen LogP contribution in [0, 0.1) is 0 Å². The molecule has 0 spiro atoms. The van der Waals surface area contributed by atoms with Gasteiger partial charge in [-0.1, -0.05) is 13.5 Å². The molecule has 0 atom stereocenters. The summed E-state index contributed by atoms with van der Waals surface area (Å²) >= 11 is 0. The van der Waals surface area contributed by atoms with Crippen molar-refractivity contribution in [1.82, 2.24) is 0 Å². The van der Waals surface area contributed by atoms with E-state index in [0.29, 0.717) is 13.8 Å². The molecule has 164 valence electrons. The summed E-state index contributed by atoms with van der Waals surface area (Å²) in [5.74, 6) is -0.612. The minimum atomic E-state index is -5.99. The molecule has 1 aliphatic carbocycles. The molecule has 1 aliphatic rings. The molecule has 1 fully saturated rings. The lowest BCUT2D eigenvalue weighted by atomic mass is 9.78. The van der Waals surface area contributed by atoms with Gasteiger partial charge in [0.05, 0.1) is 5.60 Å². The van der Waals surface area contributed by atoms with E-state index < -0.39 is 41.2 Å². The second kappa shape index (κ2) is 7.85. The van der Waals surface area contributed by atoms with Gasteiger partial charge in [0.1, 0.15) is 11.7 Å². The average Bonchev–Trinajstić information content (AvgIpc) is 2.53. The van der Waals surface area contributed by atoms with Gasteiger partial charge in [0, 0.05) is 5.57 Å². The summed E-state index contributed by atoms with van der Waals surface area (Å²) in [6.07, 6.45) is -11.8. The number of carbonyl (C=O) groups is 1. The van der Waals surface area contributed by atoms with Gasteiger partial charge in [-0.25, -0.2) is 4.79 Å². The Balaban J connectivity index is 3.06. The van der Waals surface area contributed by atoms with Crippen LogP contribution in [0.1, 0.15) is 59.8 Å². The molecular formula is C18H26F6O4. The number of carbonyl (C=O) groups excluding carboxylic acids is 1. The third-order valence-corrected chi connectivity index (χ3v) is 5.27. The van der Waals surface area contributed by atoms with Crippen LogP contribution in [-0.4, -0.2) is 46.3 Å². The number of rotatable bonds is 6. The van der Waals surface area contributed by atoms with Crippen LogP contribution in [0.3, 0.4) is 0 Å². The molecular weight excluding hydrogens is 394 g/mol. The number of alkyl halides is 6. The molecule has 0 amide bonds. The van der Waals surface area contributed by atoms with Crippen molar-refractivity contribution in [3.63, 3.8) is 0 Å². The van der Waals surface area contributed by atoms with E-state index in [1.807, 2.05) is 0 Å². The van der Waals surface area contributed by atoms with Crippen molar-refractivity contribution in [2.24, 2.45) is 0 Å². The van der Waals surface area contributed by atoms with Crippen molar-refractivity contribution in [1.29, 1.82) is 0 Å². The number of aliphatic hydroxyl groups is 1. The lowest BCUT2D eigenvalue weighted by molar-refractivity contribution is -0.422. The van der Waals surface area contributed by atoms with Crippen molar-refractivity contribution in [2.75, 3.05) is 0 Å². The van der Waals surface area contributed by atoms with E-state index in [4.69, 9.17) is 9.47 Å². The Labute approximate surface area is 159 Å². The van der Waals surface area contributed by atoms with E-state index in [2.05, 4.69) is 6.58 Å². The third-order valence-electron chi connectivity index (χ3n) is 5.27. The third kappa shape index (κ3) is 4.64. The smallest absolute Gasteiger partial charge is 0.429 e. The molecule has 0 aromatic heterocycles. The maximum Gasteiger partial charge on any atom is 0.429 e. The highest BCUT2D eigenvalue weighted by atomic mass is 19.4. The van der Waals surface area contributed by atoms with Gasteiger partial charge in [-0.3, -0.25) is 0 Å². The molecule has 0 aliphatic heterocycles. The minimum absolute atomic E-state index is 0.0763. The molecule has 1 rings (SSSR count). The van der Waals surface area contributed by atoms with Crippen LogP contribution in [0.15, 0.2) is 12.2 Å². The molecule has 28 heavy (non-hydrogen) atoms. The van der Waals surface area contributed by atoms with E-state index in [1.54, 1.807) is 6.92 Å². The van der Waals surface area contributed by atoms with Crippen molar-refractivity contribution in [2.45, 2.75) is 95.1 Å². The lowest BCUT2D eigenvalue weighted by Crippen LogP contribution is -2.71. The standard InChI is InChI=1S/C18H26F6O4/c1-6-15(9-7-12(8-10-15)27-13(25)11(2)3)28-14(4,5)16(26,17(19,20)21)18(22,23)24/h12,26H,2,6-10H2,1,3-5H3. The second-order valence-electron chi connectivity index (χ2n) is 7.74. The first-order chi connectivity index (χ1) is 12.4. The summed E-state index contributed by atoms with van der Waals surface area (Å²) in [6.45, 7) is 7.65. The maximum absolute atomic E-state index is 13.2. The van der Waals surface area contributed by atoms with Gasteiger partial charge in [0.15, 0.2) is 0 Å². The Morgan fingerprint density at radius 1 is 1.11 bits per heavy atom. The fraction of sp³-hybridized carbons (Fsp3) is 0.833. The van der Waals surface area contributed by atoms with Gasteiger partial charge in [0.25, 0.3) is 5.60 Å². The van der Waals surface area contributed by atoms with Gasteiger partial charge in [-0.2, -0.15) is 26.3 Å². The summed E-state index contributed by atoms with van der Waals surface area (Å²) in [5.41, 5.74) is -9.18. The summed E-state index contributed by atoms with van der Waals surface area (Å²) in [6, 6.07) is 0. The van der Waals surface area contributed by atoms with Crippen LogP contribution in [-0.2, 0) is 14.3 Å². The van der Waals surface area contributed by atoms with Crippen molar-refractivity contribution in [3.05, 3.63) is 12.2 Å². The zero-order valence-electron chi connectivity index (χ0n) is 16.3. The Kier molecular flexibility index (Phi) is 6.94. The summed E-state index contributed by atoms with van der Waals surface area (Å²) < 4.78 is 90.0. The summed E-state index contributed by atoms with van der Waals surface area (Å²) in [7, 11) is 0. The molecule has 1 N–H and O–H groups in total. The van der Waals surface area contributed by atoms with E-state index in [0.717, 1.165) is 0 Å². The first-order valence-electron chi connectivity index (χ1n) is 8.85. The predicted octanol–water partition coefficient (Wildman–Crippen LogP) is 4.85. The Hall–Kier alpha value is -1.29. The molecule has 0 heterocycles. The van der Waals surface area contributed by atoms with Crippen LogP contribution in [0.5, 0.6) is 0 Å². The Morgan fingerprint density at radius 3 is 1.86 bits per heavy atom. The fourth-order valence-electron chi connectivity index (χ4n) is 3.47. The normalized spacial score (nSPS) is 24.8. The number of esters is 1. The SMILES string of the molecule is C=C(C)C(=O)OC1CCC(CC)(OC(C)(C)C(O)(C(F)(F)F)C(F)(F)F)CC1. The summed E-state index contributed by atoms with van der Waals surface area (Å²) in [5, 5.41) is 9.73. The minimum Gasteiger partial charge on any atom is -0.459 e. The van der Waals surface area contributed by atoms with Crippen molar-refractivity contribution in [3.8, 4) is 0 Å². The molecule has 0 aromatic rings. The van der Waals surface area contributed by atoms with Crippen LogP contribution >= 0.6 is 0 Å². The Morgan fingerprint density at radius 2 is 1.54 bits per heavy atom. The number of halogens is 6. The monoisotopic (exact) mass is 420 g/mol. The van der Waals surface area contributed by atoms with Crippen molar-refractivity contribution >= 4 is 5.97 Å². The number of hydrogen-bond donors (Lipinski definition) is 1. The average molecular weight is 420 g/mol. The van der Waals surface area contributed by atoms with E-state index in [9.17, 15) is 36.2 Å². The first kappa shape index (κ1) is 24.7. The van der Waals surface area contributed by atoms with E-state index in [1.165, 1.54) is 6.92 Å². The number of ether oxygens (including phenoxy) is 2. The largest absolute Gasteiger partial charge is 0.459 e. The molecule has 0 unspecified atom stereocenters. The molecule has 0 radical (unpaired) electrons. The van der Waals surface area contributed by atoms with Gasteiger partial charge < -0.3 is 14.6 Å². The Bertz CT molecular complexity index is 572. The molecule has 0 saturated heterocycles. The zero-order chi connectivity index (χ0) is 22.2. The molecule has 0 aromatic carbocycles. The quantitative estimate of drug-likeness (QED) is 0.379. The van der Waals surface area contributed by atoms with Gasteiger partial charge in [0.2, 0.25) is 0 Å². The molecule has 0 bridgehead atoms. The van der Waals surface area contributed by atoms with E-state index in [-0.39, 0.29) is 37.7 Å². The zero-order valence-corrected chi connectivity index (χ0v) is 16.3. The van der Waals surface area contributed by atoms with Crippen LogP contribution < -0.4 is 0 Å². The van der Waals surface area contributed by atoms with Gasteiger partial charge >= 0.3 is 18.3 Å². The first-order valence-corrected chi connectivity index (χ1v) is 8.85. The highest BCUT2D eigenvalue weighted by Gasteiger charge is 2.78. The van der Waals surface area contributed by atoms with Gasteiger partial charge in [-0.05, 0) is 52.9 Å². The van der Waals surface area contributed by atoms with Gasteiger partial charge in [-0.15, -0.1) is 0 Å². The second-order valence-corrected chi connectivity index (χ2v) is 7.74. The molecule has 4 nitrogen and oxygen atoms in total. The van der Waals surface area contributed by atoms with Crippen LogP contribution in [0.25, 0.3) is 0 Å². The van der Waals surface area contributed by atoms with E-state index >= 15 is 0 Å².